The standard InChI is InChI=1S/C17H23N3O5/c1-10-7-13(12(3)25-10)17(4)15(22)20(16(23)18-17)9-14(21)19-5-6-24-11(2)8-19/h7,11H,5-6,8-9H2,1-4H3,(H,18,23)/t11-,17+/m1/s1. The molecule has 0 aliphatic carbocycles. The molecule has 25 heavy (non-hydrogen) atoms. The number of furan rings is 1. The predicted octanol–water partition coefficient (Wildman–Crippen LogP) is 0.911. The molecule has 1 N–H and O–H groups in total. The number of hydrogen-bond donors (Lipinski definition) is 1. The smallest absolute Gasteiger partial charge is 0.325 e. The fraction of sp³-hybridized carbons (Fsp3) is 0.588. The zero-order valence-electron chi connectivity index (χ0n) is 14.9. The molecule has 2 aliphatic rings. The van der Waals surface area contributed by atoms with Gasteiger partial charge in [0.15, 0.2) is 0 Å². The van der Waals surface area contributed by atoms with Gasteiger partial charge in [-0.1, -0.05) is 0 Å². The first kappa shape index (κ1) is 17.5. The molecule has 2 saturated heterocycles. The summed E-state index contributed by atoms with van der Waals surface area (Å²) >= 11 is 0. The Bertz CT molecular complexity index is 728. The monoisotopic (exact) mass is 349 g/mol. The number of carbonyl (C=O) groups excluding carboxylic acids is 3. The van der Waals surface area contributed by atoms with Gasteiger partial charge < -0.3 is 19.4 Å². The first-order chi connectivity index (χ1) is 11.7. The van der Waals surface area contributed by atoms with Gasteiger partial charge in [-0.05, 0) is 33.8 Å². The lowest BCUT2D eigenvalue weighted by molar-refractivity contribution is -0.143. The maximum absolute atomic E-state index is 12.9. The van der Waals surface area contributed by atoms with Crippen molar-refractivity contribution < 1.29 is 23.5 Å². The molecule has 3 heterocycles. The molecular weight excluding hydrogens is 326 g/mol. The van der Waals surface area contributed by atoms with Crippen LogP contribution in [0.1, 0.15) is 30.9 Å². The third-order valence-corrected chi connectivity index (χ3v) is 4.74. The molecule has 136 valence electrons. The Kier molecular flexibility index (Phi) is 4.32. The fourth-order valence-corrected chi connectivity index (χ4v) is 3.43. The van der Waals surface area contributed by atoms with Crippen molar-refractivity contribution in [3.63, 3.8) is 0 Å². The van der Waals surface area contributed by atoms with Crippen LogP contribution in [0.25, 0.3) is 0 Å². The number of aryl methyl sites for hydroxylation is 2. The fourth-order valence-electron chi connectivity index (χ4n) is 3.43. The maximum Gasteiger partial charge on any atom is 0.325 e. The highest BCUT2D eigenvalue weighted by molar-refractivity contribution is 6.09. The topological polar surface area (TPSA) is 92.1 Å². The van der Waals surface area contributed by atoms with Crippen molar-refractivity contribution in [1.29, 1.82) is 0 Å². The van der Waals surface area contributed by atoms with E-state index in [0.717, 1.165) is 4.90 Å². The van der Waals surface area contributed by atoms with Gasteiger partial charge in [0.05, 0.1) is 12.7 Å². The second kappa shape index (κ2) is 6.18. The number of imide groups is 1. The lowest BCUT2D eigenvalue weighted by atomic mass is 9.92. The van der Waals surface area contributed by atoms with Gasteiger partial charge in [0.1, 0.15) is 23.6 Å². The Balaban J connectivity index is 1.77. The van der Waals surface area contributed by atoms with E-state index in [4.69, 9.17) is 9.15 Å². The average molecular weight is 349 g/mol. The quantitative estimate of drug-likeness (QED) is 0.819. The summed E-state index contributed by atoms with van der Waals surface area (Å²) in [5.74, 6) is 0.524. The van der Waals surface area contributed by atoms with Crippen LogP contribution in [0.5, 0.6) is 0 Å². The summed E-state index contributed by atoms with van der Waals surface area (Å²) in [6.07, 6.45) is -0.0531. The van der Waals surface area contributed by atoms with Crippen molar-refractivity contribution in [2.24, 2.45) is 0 Å². The van der Waals surface area contributed by atoms with E-state index in [-0.39, 0.29) is 18.6 Å². The number of rotatable bonds is 3. The van der Waals surface area contributed by atoms with Crippen LogP contribution in [0, 0.1) is 13.8 Å². The first-order valence-corrected chi connectivity index (χ1v) is 8.33. The highest BCUT2D eigenvalue weighted by atomic mass is 16.5. The Morgan fingerprint density at radius 3 is 2.72 bits per heavy atom. The highest BCUT2D eigenvalue weighted by Crippen LogP contribution is 2.32. The number of carbonyl (C=O) groups is 3. The molecule has 0 unspecified atom stereocenters. The molecule has 3 rings (SSSR count). The van der Waals surface area contributed by atoms with Crippen molar-refractivity contribution in [2.45, 2.75) is 39.3 Å². The third kappa shape index (κ3) is 3.02. The largest absolute Gasteiger partial charge is 0.466 e. The number of urea groups is 1. The molecule has 1 aromatic heterocycles. The van der Waals surface area contributed by atoms with Crippen LogP contribution in [0.3, 0.4) is 0 Å². The summed E-state index contributed by atoms with van der Waals surface area (Å²) in [5, 5.41) is 2.70. The summed E-state index contributed by atoms with van der Waals surface area (Å²) < 4.78 is 10.9. The van der Waals surface area contributed by atoms with Crippen LogP contribution in [0.4, 0.5) is 4.79 Å². The van der Waals surface area contributed by atoms with Crippen molar-refractivity contribution >= 4 is 17.8 Å². The minimum atomic E-state index is -1.22. The van der Waals surface area contributed by atoms with Crippen molar-refractivity contribution in [3.05, 3.63) is 23.2 Å². The Hall–Kier alpha value is -2.35. The summed E-state index contributed by atoms with van der Waals surface area (Å²) in [4.78, 5) is 40.3. The van der Waals surface area contributed by atoms with Gasteiger partial charge >= 0.3 is 6.03 Å². The van der Waals surface area contributed by atoms with Crippen molar-refractivity contribution in [1.82, 2.24) is 15.1 Å². The zero-order chi connectivity index (χ0) is 18.4. The van der Waals surface area contributed by atoms with E-state index in [1.807, 2.05) is 6.92 Å². The zero-order valence-corrected chi connectivity index (χ0v) is 14.9. The Morgan fingerprint density at radius 1 is 1.40 bits per heavy atom. The first-order valence-electron chi connectivity index (χ1n) is 8.33. The minimum Gasteiger partial charge on any atom is -0.466 e. The lowest BCUT2D eigenvalue weighted by Gasteiger charge is -2.32. The SMILES string of the molecule is Cc1cc([C@]2(C)NC(=O)N(CC(=O)N3CCO[C@H](C)C3)C2=O)c(C)o1. The van der Waals surface area contributed by atoms with E-state index in [1.54, 1.807) is 31.7 Å². The molecule has 0 saturated carbocycles. The number of nitrogens with one attached hydrogen (secondary N) is 1. The second-order valence-electron chi connectivity index (χ2n) is 6.79. The van der Waals surface area contributed by atoms with E-state index in [2.05, 4.69) is 5.32 Å². The molecule has 2 fully saturated rings. The lowest BCUT2D eigenvalue weighted by Crippen LogP contribution is -2.49. The van der Waals surface area contributed by atoms with Crippen LogP contribution in [-0.2, 0) is 19.9 Å². The van der Waals surface area contributed by atoms with Crippen LogP contribution in [0.2, 0.25) is 0 Å². The summed E-state index contributed by atoms with van der Waals surface area (Å²) in [5.41, 5.74) is -0.615. The number of hydrogen-bond acceptors (Lipinski definition) is 5. The maximum atomic E-state index is 12.9. The molecule has 4 amide bonds. The number of amides is 4. The number of nitrogens with zero attached hydrogens (tertiary/aromatic N) is 2. The minimum absolute atomic E-state index is 0.0531. The van der Waals surface area contributed by atoms with E-state index in [1.165, 1.54) is 0 Å². The van der Waals surface area contributed by atoms with Crippen LogP contribution in [0.15, 0.2) is 10.5 Å². The van der Waals surface area contributed by atoms with Crippen molar-refractivity contribution in [3.8, 4) is 0 Å². The van der Waals surface area contributed by atoms with Gasteiger partial charge in [-0.3, -0.25) is 14.5 Å². The molecule has 1 aromatic rings. The van der Waals surface area contributed by atoms with Crippen LogP contribution in [-0.4, -0.2) is 60.0 Å². The van der Waals surface area contributed by atoms with Gasteiger partial charge in [0.25, 0.3) is 5.91 Å². The average Bonchev–Trinajstić information content (AvgIpc) is 2.99. The molecule has 0 aromatic carbocycles. The molecule has 0 bridgehead atoms. The van der Waals surface area contributed by atoms with E-state index in [0.29, 0.717) is 36.8 Å². The molecule has 2 aliphatic heterocycles. The van der Waals surface area contributed by atoms with Crippen molar-refractivity contribution in [2.75, 3.05) is 26.2 Å². The predicted molar refractivity (Wildman–Crippen MR) is 87.8 cm³/mol. The van der Waals surface area contributed by atoms with Gasteiger partial charge in [-0.15, -0.1) is 0 Å². The number of morpholine rings is 1. The molecular formula is C17H23N3O5. The van der Waals surface area contributed by atoms with Gasteiger partial charge in [-0.2, -0.15) is 0 Å². The second-order valence-corrected chi connectivity index (χ2v) is 6.79. The highest BCUT2D eigenvalue weighted by Gasteiger charge is 2.51. The molecule has 0 spiro atoms. The Morgan fingerprint density at radius 2 is 2.12 bits per heavy atom. The molecule has 2 atom stereocenters. The molecule has 8 nitrogen and oxygen atoms in total. The number of ether oxygens (including phenoxy) is 1. The van der Waals surface area contributed by atoms with E-state index < -0.39 is 17.5 Å². The van der Waals surface area contributed by atoms with Crippen LogP contribution >= 0.6 is 0 Å². The normalized spacial score (nSPS) is 27.0. The van der Waals surface area contributed by atoms with Gasteiger partial charge in [0.2, 0.25) is 5.91 Å². The Labute approximate surface area is 146 Å². The van der Waals surface area contributed by atoms with Crippen LogP contribution < -0.4 is 5.32 Å². The van der Waals surface area contributed by atoms with Gasteiger partial charge in [-0.25, -0.2) is 4.79 Å². The molecule has 0 radical (unpaired) electrons. The summed E-state index contributed by atoms with van der Waals surface area (Å²) in [7, 11) is 0. The van der Waals surface area contributed by atoms with E-state index >= 15 is 0 Å². The molecule has 8 heteroatoms. The summed E-state index contributed by atoms with van der Waals surface area (Å²) in [6.45, 7) is 8.14. The summed E-state index contributed by atoms with van der Waals surface area (Å²) in [6, 6.07) is 1.17. The van der Waals surface area contributed by atoms with Gasteiger partial charge in [0, 0.05) is 18.7 Å². The third-order valence-electron chi connectivity index (χ3n) is 4.74. The van der Waals surface area contributed by atoms with E-state index in [9.17, 15) is 14.4 Å².